The van der Waals surface area contributed by atoms with Crippen molar-refractivity contribution in [2.24, 2.45) is 0 Å². The minimum Gasteiger partial charge on any atom is -0.508 e. The summed E-state index contributed by atoms with van der Waals surface area (Å²) < 4.78 is 13.8. The Labute approximate surface area is 232 Å². The molecule has 1 fully saturated rings. The van der Waals surface area contributed by atoms with Gasteiger partial charge in [-0.3, -0.25) is 14.4 Å². The number of nitrogens with one attached hydrogen (secondary N) is 1. The van der Waals surface area contributed by atoms with Gasteiger partial charge in [0, 0.05) is 44.0 Å². The Kier molecular flexibility index (Phi) is 9.54. The molecule has 1 unspecified atom stereocenters. The number of carbonyl (C=O) groups is 3. The average Bonchev–Trinajstić information content (AvgIpc) is 3.35. The molecule has 39 heavy (non-hydrogen) atoms. The van der Waals surface area contributed by atoms with Crippen molar-refractivity contribution in [1.82, 2.24) is 15.1 Å². The summed E-state index contributed by atoms with van der Waals surface area (Å²) in [5.74, 6) is -0.979. The highest BCUT2D eigenvalue weighted by Crippen LogP contribution is 2.24. The molecule has 3 aromatic rings. The van der Waals surface area contributed by atoms with Crippen LogP contribution in [0.2, 0.25) is 5.02 Å². The van der Waals surface area contributed by atoms with Crippen LogP contribution >= 0.6 is 11.6 Å². The van der Waals surface area contributed by atoms with Gasteiger partial charge >= 0.3 is 0 Å². The van der Waals surface area contributed by atoms with Crippen LogP contribution in [-0.4, -0.2) is 52.3 Å². The third kappa shape index (κ3) is 7.80. The zero-order valence-corrected chi connectivity index (χ0v) is 22.2. The number of hydrogen-bond acceptors (Lipinski definition) is 4. The number of nitrogens with zero attached hydrogens (tertiary/aromatic N) is 2. The van der Waals surface area contributed by atoms with Crippen molar-refractivity contribution in [2.75, 3.05) is 19.6 Å². The second-order valence-corrected chi connectivity index (χ2v) is 9.97. The number of phenolic OH excluding ortho intramolecular Hbond substituents is 1. The summed E-state index contributed by atoms with van der Waals surface area (Å²) in [7, 11) is 0. The van der Waals surface area contributed by atoms with Crippen LogP contribution < -0.4 is 5.32 Å². The largest absolute Gasteiger partial charge is 0.508 e. The minimum absolute atomic E-state index is 0.0250. The molecule has 3 amide bonds. The predicted molar refractivity (Wildman–Crippen MR) is 146 cm³/mol. The van der Waals surface area contributed by atoms with E-state index >= 15 is 0 Å². The molecule has 9 heteroatoms. The molecule has 1 saturated heterocycles. The maximum absolute atomic E-state index is 13.8. The fraction of sp³-hybridized carbons (Fsp3) is 0.300. The highest BCUT2D eigenvalue weighted by Gasteiger charge is 2.32. The molecule has 204 valence electrons. The minimum atomic E-state index is -1.03. The first-order valence-electron chi connectivity index (χ1n) is 12.9. The van der Waals surface area contributed by atoms with Crippen LogP contribution in [0.25, 0.3) is 0 Å². The molecule has 0 bridgehead atoms. The first kappa shape index (κ1) is 28.1. The van der Waals surface area contributed by atoms with Gasteiger partial charge in [0.05, 0.1) is 0 Å². The third-order valence-corrected chi connectivity index (χ3v) is 7.04. The summed E-state index contributed by atoms with van der Waals surface area (Å²) in [6.07, 6.45) is 1.75. The van der Waals surface area contributed by atoms with E-state index in [1.165, 1.54) is 29.2 Å². The van der Waals surface area contributed by atoms with E-state index in [1.54, 1.807) is 53.4 Å². The van der Waals surface area contributed by atoms with E-state index in [0.29, 0.717) is 36.5 Å². The predicted octanol–water partition coefficient (Wildman–Crippen LogP) is 4.63. The van der Waals surface area contributed by atoms with Crippen LogP contribution in [0.5, 0.6) is 5.75 Å². The number of hydrogen-bond donors (Lipinski definition) is 2. The standard InChI is InChI=1S/C30H31ClFN3O4/c31-24-10-3-22(4-11-24)20-33-30(39)29(23-8-12-25(32)13-9-23)35(19-18-34-17-1-2-27(34)37)28(38)16-7-21-5-14-26(36)15-6-21/h3-6,8-15,29,36H,1-2,7,16-20H2,(H,33,39). The van der Waals surface area contributed by atoms with Gasteiger partial charge in [0.25, 0.3) is 0 Å². The Morgan fingerprint density at radius 2 is 1.67 bits per heavy atom. The molecule has 0 saturated carbocycles. The normalized spacial score (nSPS) is 13.8. The van der Waals surface area contributed by atoms with Gasteiger partial charge in [-0.15, -0.1) is 0 Å². The van der Waals surface area contributed by atoms with Crippen molar-refractivity contribution >= 4 is 29.3 Å². The van der Waals surface area contributed by atoms with Crippen molar-refractivity contribution < 1.29 is 23.9 Å². The highest BCUT2D eigenvalue weighted by atomic mass is 35.5. The van der Waals surface area contributed by atoms with Gasteiger partial charge < -0.3 is 20.2 Å². The summed E-state index contributed by atoms with van der Waals surface area (Å²) in [5, 5.41) is 13.0. The number of benzene rings is 3. The van der Waals surface area contributed by atoms with E-state index in [-0.39, 0.29) is 37.1 Å². The zero-order chi connectivity index (χ0) is 27.8. The maximum atomic E-state index is 13.8. The number of phenols is 1. The first-order valence-corrected chi connectivity index (χ1v) is 13.3. The number of likely N-dealkylation sites (tertiary alicyclic amines) is 1. The molecule has 1 aliphatic rings. The Morgan fingerprint density at radius 1 is 1.00 bits per heavy atom. The number of aromatic hydroxyl groups is 1. The molecule has 1 aliphatic heterocycles. The lowest BCUT2D eigenvalue weighted by molar-refractivity contribution is -0.141. The van der Waals surface area contributed by atoms with E-state index in [1.807, 2.05) is 0 Å². The molecule has 0 radical (unpaired) electrons. The van der Waals surface area contributed by atoms with Crippen molar-refractivity contribution in [1.29, 1.82) is 0 Å². The van der Waals surface area contributed by atoms with Crippen molar-refractivity contribution in [2.45, 2.75) is 38.3 Å². The Balaban J connectivity index is 1.58. The Morgan fingerprint density at radius 3 is 2.31 bits per heavy atom. The van der Waals surface area contributed by atoms with Crippen molar-refractivity contribution in [3.8, 4) is 5.75 Å². The van der Waals surface area contributed by atoms with E-state index in [0.717, 1.165) is 17.5 Å². The lowest BCUT2D eigenvalue weighted by atomic mass is 10.0. The third-order valence-electron chi connectivity index (χ3n) is 6.79. The molecular formula is C30H31ClFN3O4. The topological polar surface area (TPSA) is 90.0 Å². The quantitative estimate of drug-likeness (QED) is 0.364. The van der Waals surface area contributed by atoms with Gasteiger partial charge in [0.1, 0.15) is 17.6 Å². The summed E-state index contributed by atoms with van der Waals surface area (Å²) in [6.45, 7) is 1.27. The summed E-state index contributed by atoms with van der Waals surface area (Å²) >= 11 is 5.97. The van der Waals surface area contributed by atoms with Crippen LogP contribution in [0, 0.1) is 5.82 Å². The number of rotatable bonds is 11. The SMILES string of the molecule is O=C(NCc1ccc(Cl)cc1)C(c1ccc(F)cc1)N(CCN1CCCC1=O)C(=O)CCc1ccc(O)cc1. The fourth-order valence-corrected chi connectivity index (χ4v) is 4.76. The Bertz CT molecular complexity index is 1280. The molecule has 0 aliphatic carbocycles. The van der Waals surface area contributed by atoms with E-state index in [4.69, 9.17) is 11.6 Å². The van der Waals surface area contributed by atoms with Crippen LogP contribution in [0.1, 0.15) is 42.0 Å². The molecular weight excluding hydrogens is 521 g/mol. The molecule has 1 heterocycles. The van der Waals surface area contributed by atoms with Crippen LogP contribution in [0.3, 0.4) is 0 Å². The summed E-state index contributed by atoms with van der Waals surface area (Å²) in [6, 6.07) is 18.2. The van der Waals surface area contributed by atoms with Crippen LogP contribution in [-0.2, 0) is 27.3 Å². The summed E-state index contributed by atoms with van der Waals surface area (Å²) in [5.41, 5.74) is 2.16. The zero-order valence-electron chi connectivity index (χ0n) is 21.5. The van der Waals surface area contributed by atoms with E-state index in [9.17, 15) is 23.9 Å². The summed E-state index contributed by atoms with van der Waals surface area (Å²) in [4.78, 5) is 42.8. The molecule has 0 spiro atoms. The van der Waals surface area contributed by atoms with Crippen molar-refractivity contribution in [3.63, 3.8) is 0 Å². The van der Waals surface area contributed by atoms with Gasteiger partial charge in [0.2, 0.25) is 17.7 Å². The van der Waals surface area contributed by atoms with Gasteiger partial charge in [0.15, 0.2) is 0 Å². The molecule has 2 N–H and O–H groups in total. The van der Waals surface area contributed by atoms with Gasteiger partial charge in [-0.2, -0.15) is 0 Å². The second-order valence-electron chi connectivity index (χ2n) is 9.54. The van der Waals surface area contributed by atoms with Crippen LogP contribution in [0.4, 0.5) is 4.39 Å². The lowest BCUT2D eigenvalue weighted by Gasteiger charge is -2.33. The smallest absolute Gasteiger partial charge is 0.247 e. The average molecular weight is 552 g/mol. The number of aryl methyl sites for hydroxylation is 1. The van der Waals surface area contributed by atoms with E-state index in [2.05, 4.69) is 5.32 Å². The lowest BCUT2D eigenvalue weighted by Crippen LogP contribution is -2.47. The van der Waals surface area contributed by atoms with E-state index < -0.39 is 17.8 Å². The highest BCUT2D eigenvalue weighted by molar-refractivity contribution is 6.30. The Hall–Kier alpha value is -3.91. The number of amides is 3. The van der Waals surface area contributed by atoms with Crippen LogP contribution in [0.15, 0.2) is 72.8 Å². The van der Waals surface area contributed by atoms with Gasteiger partial charge in [-0.05, 0) is 65.9 Å². The van der Waals surface area contributed by atoms with Gasteiger partial charge in [-0.1, -0.05) is 48.0 Å². The molecule has 0 aromatic heterocycles. The van der Waals surface area contributed by atoms with Crippen molar-refractivity contribution in [3.05, 3.63) is 100 Å². The molecule has 7 nitrogen and oxygen atoms in total. The fourth-order valence-electron chi connectivity index (χ4n) is 4.63. The maximum Gasteiger partial charge on any atom is 0.247 e. The first-order chi connectivity index (χ1) is 18.8. The molecule has 3 aromatic carbocycles. The second kappa shape index (κ2) is 13.2. The number of carbonyl (C=O) groups excluding carboxylic acids is 3. The number of halogens is 2. The van der Waals surface area contributed by atoms with Gasteiger partial charge in [-0.25, -0.2) is 4.39 Å². The molecule has 1 atom stereocenters. The monoisotopic (exact) mass is 551 g/mol. The molecule has 4 rings (SSSR count).